The molecule has 0 saturated carbocycles. The molecule has 1 unspecified atom stereocenters. The van der Waals surface area contributed by atoms with Crippen LogP contribution in [0.3, 0.4) is 0 Å². The van der Waals surface area contributed by atoms with Crippen molar-refractivity contribution >= 4 is 24.1 Å². The molecule has 1 spiro atoms. The monoisotopic (exact) mass is 618 g/mol. The van der Waals surface area contributed by atoms with Crippen LogP contribution in [0, 0.1) is 12.3 Å². The van der Waals surface area contributed by atoms with Crippen molar-refractivity contribution in [2.24, 2.45) is 0 Å². The first kappa shape index (κ1) is 42.6. The first-order valence-electron chi connectivity index (χ1n) is 15.4. The molecule has 2 heterocycles. The number of hydrogen-bond acceptors (Lipinski definition) is 6. The number of aldehydes is 1. The van der Waals surface area contributed by atoms with Crippen molar-refractivity contribution in [3.05, 3.63) is 47.4 Å². The molecule has 0 aliphatic carbocycles. The third-order valence-electron chi connectivity index (χ3n) is 6.63. The van der Waals surface area contributed by atoms with Gasteiger partial charge >= 0.3 is 5.97 Å². The summed E-state index contributed by atoms with van der Waals surface area (Å²) in [5.41, 5.74) is -0.225. The van der Waals surface area contributed by atoms with Crippen molar-refractivity contribution in [1.29, 1.82) is 0 Å². The molecule has 9 nitrogen and oxygen atoms in total. The summed E-state index contributed by atoms with van der Waals surface area (Å²) in [5.74, 6) is 0.893. The van der Waals surface area contributed by atoms with Crippen LogP contribution in [-0.4, -0.2) is 83.9 Å². The summed E-state index contributed by atoms with van der Waals surface area (Å²) < 4.78 is 12.7. The van der Waals surface area contributed by atoms with Crippen molar-refractivity contribution in [3.8, 4) is 12.3 Å². The van der Waals surface area contributed by atoms with E-state index in [-0.39, 0.29) is 29.1 Å². The molecule has 0 radical (unpaired) electrons. The summed E-state index contributed by atoms with van der Waals surface area (Å²) in [6.45, 7) is 15.1. The predicted molar refractivity (Wildman–Crippen MR) is 176 cm³/mol. The van der Waals surface area contributed by atoms with Crippen LogP contribution in [0.2, 0.25) is 0 Å². The molecule has 2 aliphatic rings. The molecule has 2 fully saturated rings. The van der Waals surface area contributed by atoms with Crippen LogP contribution in [0.5, 0.6) is 0 Å². The lowest BCUT2D eigenvalue weighted by Gasteiger charge is -2.43. The number of carbonyl (C=O) groups is 4. The average molecular weight is 619 g/mol. The van der Waals surface area contributed by atoms with Crippen LogP contribution in [0.25, 0.3) is 0 Å². The van der Waals surface area contributed by atoms with Crippen molar-refractivity contribution in [2.75, 3.05) is 33.2 Å². The number of nitrogens with one attached hydrogen (secondary N) is 2. The quantitative estimate of drug-likeness (QED) is 0.127. The third-order valence-corrected chi connectivity index (χ3v) is 6.63. The lowest BCUT2D eigenvalue weighted by molar-refractivity contribution is -0.137. The highest BCUT2D eigenvalue weighted by Gasteiger charge is 2.52. The Kier molecular flexibility index (Phi) is 24.0. The SMILES string of the molecule is C#CC.C/C=C(F)\C(C=O)=C/CCC.CC/C=C(\C=C/CN1C(C)NC(=O)C12CCN(C(=O)CNC)CC2)C(=O)O.CCC. The number of nitrogens with zero attached hydrogens (tertiary/aromatic N) is 2. The van der Waals surface area contributed by atoms with Crippen LogP contribution in [0.4, 0.5) is 4.39 Å². The van der Waals surface area contributed by atoms with Gasteiger partial charge in [-0.25, -0.2) is 9.18 Å². The molecule has 10 heteroatoms. The van der Waals surface area contributed by atoms with Gasteiger partial charge in [0.1, 0.15) is 11.4 Å². The van der Waals surface area contributed by atoms with E-state index in [1.165, 1.54) is 12.5 Å². The second-order valence-corrected chi connectivity index (χ2v) is 10.2. The van der Waals surface area contributed by atoms with E-state index in [9.17, 15) is 28.7 Å². The normalized spacial score (nSPS) is 18.2. The maximum absolute atomic E-state index is 12.7. The van der Waals surface area contributed by atoms with Gasteiger partial charge in [0, 0.05) is 25.2 Å². The van der Waals surface area contributed by atoms with Gasteiger partial charge < -0.3 is 20.6 Å². The number of piperidine rings is 1. The molecule has 0 aromatic carbocycles. The average Bonchev–Trinajstić information content (AvgIpc) is 3.21. The van der Waals surface area contributed by atoms with Gasteiger partial charge in [-0.3, -0.25) is 19.3 Å². The van der Waals surface area contributed by atoms with Crippen molar-refractivity contribution in [3.63, 3.8) is 0 Å². The Labute approximate surface area is 264 Å². The summed E-state index contributed by atoms with van der Waals surface area (Å²) in [7, 11) is 1.74. The molecule has 0 aromatic heterocycles. The van der Waals surface area contributed by atoms with E-state index in [0.717, 1.165) is 12.8 Å². The largest absolute Gasteiger partial charge is 0.478 e. The highest BCUT2D eigenvalue weighted by molar-refractivity contribution is 5.90. The van der Waals surface area contributed by atoms with Gasteiger partial charge in [0.2, 0.25) is 11.8 Å². The fraction of sp³-hybridized carbons (Fsp3) is 0.588. The summed E-state index contributed by atoms with van der Waals surface area (Å²) in [6.07, 6.45) is 17.7. The number of aliphatic carboxylic acids is 1. The number of carboxylic acids is 1. The maximum atomic E-state index is 12.7. The molecule has 3 N–H and O–H groups in total. The Morgan fingerprint density at radius 2 is 1.75 bits per heavy atom. The van der Waals surface area contributed by atoms with E-state index in [2.05, 4.69) is 41.7 Å². The first-order chi connectivity index (χ1) is 20.9. The van der Waals surface area contributed by atoms with Crippen LogP contribution in [-0.2, 0) is 19.2 Å². The lowest BCUT2D eigenvalue weighted by atomic mass is 9.85. The zero-order chi connectivity index (χ0) is 34.1. The number of carboxylic acid groups (broad SMARTS) is 1. The Morgan fingerprint density at radius 3 is 2.18 bits per heavy atom. The van der Waals surface area contributed by atoms with Gasteiger partial charge in [0.05, 0.1) is 18.3 Å². The van der Waals surface area contributed by atoms with Gasteiger partial charge in [0.15, 0.2) is 6.29 Å². The van der Waals surface area contributed by atoms with Crippen LogP contribution in [0.1, 0.15) is 87.0 Å². The fourth-order valence-corrected chi connectivity index (χ4v) is 4.55. The molecule has 1 atom stereocenters. The van der Waals surface area contributed by atoms with Crippen molar-refractivity contribution in [1.82, 2.24) is 20.4 Å². The standard InChI is InChI=1S/C19H30N4O4.C9H13FO.C3H8.C3H4/c1-4-6-15(17(25)26)7-5-10-23-14(2)21-18(27)19(23)8-11-22(12-9-19)16(24)13-20-3;1-3-5-6-8(7-11)9(10)4-2;2*1-3-2/h5-7,14,20H,4,8-13H2,1-3H3,(H,21,27)(H,25,26);4,6-7H,3,5H2,1-2H3;3H2,1-2H3;1H,2H3/b7-5-,15-6+;8-6-,9-4+;;. The van der Waals surface area contributed by atoms with E-state index >= 15 is 0 Å². The molecule has 2 rings (SSSR count). The number of likely N-dealkylation sites (N-methyl/N-ethyl adjacent to an activating group) is 1. The number of hydrogen-bond donors (Lipinski definition) is 3. The minimum Gasteiger partial charge on any atom is -0.478 e. The van der Waals surface area contributed by atoms with Crippen molar-refractivity contribution in [2.45, 2.75) is 98.7 Å². The Hall–Kier alpha value is -3.55. The second kappa shape index (κ2) is 24.8. The summed E-state index contributed by atoms with van der Waals surface area (Å²) in [5, 5.41) is 15.1. The van der Waals surface area contributed by atoms with E-state index < -0.39 is 17.3 Å². The van der Waals surface area contributed by atoms with Crippen LogP contribution < -0.4 is 10.6 Å². The summed E-state index contributed by atoms with van der Waals surface area (Å²) >= 11 is 0. The van der Waals surface area contributed by atoms with Gasteiger partial charge in [-0.2, -0.15) is 0 Å². The number of carbonyl (C=O) groups excluding carboxylic acids is 3. The van der Waals surface area contributed by atoms with E-state index in [1.807, 2.05) is 20.8 Å². The van der Waals surface area contributed by atoms with Crippen LogP contribution in [0.15, 0.2) is 47.4 Å². The number of allylic oxidation sites excluding steroid dienone is 5. The smallest absolute Gasteiger partial charge is 0.335 e. The number of likely N-dealkylation sites (tertiary alicyclic amines) is 1. The number of amides is 2. The van der Waals surface area contributed by atoms with Crippen LogP contribution >= 0.6 is 0 Å². The van der Waals surface area contributed by atoms with Gasteiger partial charge in [0.25, 0.3) is 0 Å². The Bertz CT molecular complexity index is 1050. The number of halogens is 1. The highest BCUT2D eigenvalue weighted by atomic mass is 19.1. The fourth-order valence-electron chi connectivity index (χ4n) is 4.55. The molecule has 2 saturated heterocycles. The molecule has 0 aromatic rings. The van der Waals surface area contributed by atoms with Crippen molar-refractivity contribution < 1.29 is 28.7 Å². The minimum atomic E-state index is -0.956. The number of terminal acetylenes is 1. The lowest BCUT2D eigenvalue weighted by Crippen LogP contribution is -2.58. The zero-order valence-electron chi connectivity index (χ0n) is 28.0. The maximum Gasteiger partial charge on any atom is 0.335 e. The molecule has 248 valence electrons. The van der Waals surface area contributed by atoms with E-state index in [1.54, 1.807) is 50.1 Å². The molecule has 44 heavy (non-hydrogen) atoms. The Balaban J connectivity index is 0. The first-order valence-corrected chi connectivity index (χ1v) is 15.4. The van der Waals surface area contributed by atoms with Gasteiger partial charge in [-0.05, 0) is 53.5 Å². The molecule has 2 amide bonds. The number of rotatable bonds is 11. The molecule has 2 aliphatic heterocycles. The highest BCUT2D eigenvalue weighted by Crippen LogP contribution is 2.34. The summed E-state index contributed by atoms with van der Waals surface area (Å²) in [4.78, 5) is 50.1. The topological polar surface area (TPSA) is 119 Å². The second-order valence-electron chi connectivity index (χ2n) is 10.2. The van der Waals surface area contributed by atoms with Gasteiger partial charge in [-0.15, -0.1) is 12.3 Å². The molecular weight excluding hydrogens is 563 g/mol. The Morgan fingerprint density at radius 1 is 1.18 bits per heavy atom. The van der Waals surface area contributed by atoms with E-state index in [4.69, 9.17) is 0 Å². The van der Waals surface area contributed by atoms with Gasteiger partial charge in [-0.1, -0.05) is 70.9 Å². The predicted octanol–water partition coefficient (Wildman–Crippen LogP) is 5.16. The zero-order valence-corrected chi connectivity index (χ0v) is 28.0. The molecular formula is C34H55FN4O5. The summed E-state index contributed by atoms with van der Waals surface area (Å²) in [6, 6.07) is 0. The third kappa shape index (κ3) is 14.8. The molecule has 0 bridgehead atoms. The minimum absolute atomic E-state index is 0.00771. The number of unbranched alkanes of at least 4 members (excludes halogenated alkanes) is 1. The van der Waals surface area contributed by atoms with E-state index in [0.29, 0.717) is 51.7 Å².